The van der Waals surface area contributed by atoms with Crippen molar-refractivity contribution in [3.8, 4) is 0 Å². The maximum atomic E-state index is 13.0. The molecule has 4 heterocycles. The molecule has 1 aromatic rings. The first-order chi connectivity index (χ1) is 20.3. The molecule has 7 nitrogen and oxygen atoms in total. The van der Waals surface area contributed by atoms with Gasteiger partial charge in [0.25, 0.3) is 0 Å². The lowest BCUT2D eigenvalue weighted by Gasteiger charge is -2.44. The molecule has 0 aromatic heterocycles. The second-order valence-electron chi connectivity index (χ2n) is 12.2. The van der Waals surface area contributed by atoms with Gasteiger partial charge in [-0.05, 0) is 49.3 Å². The lowest BCUT2D eigenvalue weighted by atomic mass is 9.79. The molecule has 8 bridgehead atoms. The second-order valence-corrected chi connectivity index (χ2v) is 12.2. The number of hydrogen-bond donors (Lipinski definition) is 0. The molecular formula is C35H43NO6. The summed E-state index contributed by atoms with van der Waals surface area (Å²) in [4.78, 5) is 16.5. The Morgan fingerprint density at radius 3 is 2.67 bits per heavy atom. The Kier molecular flexibility index (Phi) is 10.1. The Labute approximate surface area is 250 Å². The average Bonchev–Trinajstić information content (AvgIpc) is 2.96. The molecule has 0 unspecified atom stereocenters. The van der Waals surface area contributed by atoms with Gasteiger partial charge in [0.05, 0.1) is 43.7 Å². The Morgan fingerprint density at radius 2 is 1.83 bits per heavy atom. The number of ether oxygens (including phenoxy) is 5. The summed E-state index contributed by atoms with van der Waals surface area (Å²) in [5.41, 5.74) is 4.04. The molecule has 7 heteroatoms. The van der Waals surface area contributed by atoms with Gasteiger partial charge in [0.2, 0.25) is 0 Å². The molecule has 224 valence electrons. The van der Waals surface area contributed by atoms with E-state index in [0.717, 1.165) is 42.4 Å². The number of hydrogen-bond acceptors (Lipinski definition) is 6. The summed E-state index contributed by atoms with van der Waals surface area (Å²) >= 11 is 0. The summed E-state index contributed by atoms with van der Waals surface area (Å²) < 4.78 is 31.5. The zero-order valence-corrected chi connectivity index (χ0v) is 24.9. The lowest BCUT2D eigenvalue weighted by molar-refractivity contribution is -0.225. The summed E-state index contributed by atoms with van der Waals surface area (Å²) in [6.45, 7) is 18.2. The van der Waals surface area contributed by atoms with Crippen molar-refractivity contribution in [2.24, 2.45) is 11.8 Å². The molecule has 42 heavy (non-hydrogen) atoms. The molecule has 0 N–H and O–H groups in total. The Morgan fingerprint density at radius 1 is 1.02 bits per heavy atom. The maximum Gasteiger partial charge on any atom is 0.330 e. The van der Waals surface area contributed by atoms with Gasteiger partial charge in [0.1, 0.15) is 6.10 Å². The van der Waals surface area contributed by atoms with Gasteiger partial charge >= 0.3 is 5.97 Å². The normalized spacial score (nSPS) is 37.9. The van der Waals surface area contributed by atoms with Crippen molar-refractivity contribution in [2.75, 3.05) is 6.61 Å². The number of carbonyl (C=O) groups excluding carboxylic acids is 1. The largest absolute Gasteiger partial charge is 0.458 e. The van der Waals surface area contributed by atoms with Gasteiger partial charge in [0.15, 0.2) is 12.5 Å². The highest BCUT2D eigenvalue weighted by Crippen LogP contribution is 2.38. The molecule has 3 fully saturated rings. The van der Waals surface area contributed by atoms with E-state index in [1.165, 1.54) is 17.8 Å². The van der Waals surface area contributed by atoms with E-state index in [1.807, 2.05) is 32.1 Å². The van der Waals surface area contributed by atoms with Crippen LogP contribution in [-0.4, -0.2) is 49.2 Å². The summed E-state index contributed by atoms with van der Waals surface area (Å²) in [5, 5.41) is 0. The van der Waals surface area contributed by atoms with E-state index >= 15 is 0 Å². The minimum atomic E-state index is -0.415. The second kappa shape index (κ2) is 14.0. The predicted molar refractivity (Wildman–Crippen MR) is 161 cm³/mol. The van der Waals surface area contributed by atoms with E-state index in [9.17, 15) is 4.79 Å². The van der Waals surface area contributed by atoms with E-state index in [1.54, 1.807) is 0 Å². The van der Waals surface area contributed by atoms with Gasteiger partial charge in [-0.3, -0.25) is 0 Å². The minimum Gasteiger partial charge on any atom is -0.458 e. The predicted octanol–water partition coefficient (Wildman–Crippen LogP) is 7.12. The van der Waals surface area contributed by atoms with Crippen LogP contribution in [0.4, 0.5) is 0 Å². The van der Waals surface area contributed by atoms with Gasteiger partial charge < -0.3 is 23.7 Å². The van der Waals surface area contributed by atoms with Crippen LogP contribution in [0.15, 0.2) is 66.4 Å². The van der Waals surface area contributed by atoms with E-state index in [-0.39, 0.29) is 54.4 Å². The molecule has 0 spiro atoms. The fourth-order valence-electron chi connectivity index (χ4n) is 6.72. The SMILES string of the molecule is [C-]#[N+]/C=C(\C)[C@@H]1O[C@@H]2C/C=C/c3cccc(c3)[C@H]3OCC[C@@H](C[C@H]4CC(=C)C[C@H](C/C=C\C(=O)O[C@@H]([C@H]2C)[C@H]1C)O4)O3. The van der Waals surface area contributed by atoms with Gasteiger partial charge in [0, 0.05) is 29.9 Å². The fraction of sp³-hybridized carbons (Fsp3) is 0.543. The van der Waals surface area contributed by atoms with Crippen molar-refractivity contribution in [1.29, 1.82) is 0 Å². The van der Waals surface area contributed by atoms with Crippen LogP contribution >= 0.6 is 0 Å². The first kappa shape index (κ1) is 30.4. The fourth-order valence-corrected chi connectivity index (χ4v) is 6.72. The third-order valence-electron chi connectivity index (χ3n) is 8.87. The van der Waals surface area contributed by atoms with Gasteiger partial charge in [-0.1, -0.05) is 69.4 Å². The van der Waals surface area contributed by atoms with Gasteiger partial charge in [-0.25, -0.2) is 9.64 Å². The summed E-state index contributed by atoms with van der Waals surface area (Å²) in [7, 11) is 0. The highest BCUT2D eigenvalue weighted by Gasteiger charge is 2.43. The first-order valence-electron chi connectivity index (χ1n) is 15.2. The molecule has 4 aliphatic rings. The van der Waals surface area contributed by atoms with Crippen LogP contribution in [0.5, 0.6) is 0 Å². The third-order valence-corrected chi connectivity index (χ3v) is 8.87. The maximum absolute atomic E-state index is 13.0. The number of carbonyl (C=O) groups is 1. The van der Waals surface area contributed by atoms with Crippen molar-refractivity contribution < 1.29 is 28.5 Å². The van der Waals surface area contributed by atoms with Crippen molar-refractivity contribution in [3.63, 3.8) is 0 Å². The Hall–Kier alpha value is -3.02. The highest BCUT2D eigenvalue weighted by atomic mass is 16.7. The van der Waals surface area contributed by atoms with Crippen LogP contribution in [-0.2, 0) is 28.5 Å². The molecule has 9 atom stereocenters. The Bertz CT molecular complexity index is 1260. The smallest absolute Gasteiger partial charge is 0.330 e. The summed E-state index contributed by atoms with van der Waals surface area (Å²) in [6, 6.07) is 8.24. The van der Waals surface area contributed by atoms with E-state index < -0.39 is 6.29 Å². The number of nitrogens with zero attached hydrogens (tertiary/aromatic N) is 1. The molecule has 0 radical (unpaired) electrons. The zero-order valence-electron chi connectivity index (χ0n) is 24.9. The van der Waals surface area contributed by atoms with Gasteiger partial charge in [-0.2, -0.15) is 0 Å². The quantitative estimate of drug-likeness (QED) is 0.202. The molecule has 0 saturated carbocycles. The molecular weight excluding hydrogens is 530 g/mol. The average molecular weight is 574 g/mol. The Balaban J connectivity index is 1.43. The number of fused-ring (bicyclic) bond motifs is 9. The van der Waals surface area contributed by atoms with Crippen LogP contribution in [0.3, 0.4) is 0 Å². The molecule has 4 aliphatic heterocycles. The molecule has 0 aliphatic carbocycles. The summed E-state index contributed by atoms with van der Waals surface area (Å²) in [5.74, 6) is -0.499. The molecule has 3 saturated heterocycles. The molecule has 0 amide bonds. The van der Waals surface area contributed by atoms with E-state index in [4.69, 9.17) is 30.3 Å². The summed E-state index contributed by atoms with van der Waals surface area (Å²) in [6.07, 6.45) is 12.3. The zero-order chi connectivity index (χ0) is 29.6. The minimum absolute atomic E-state index is 0.0216. The number of benzene rings is 1. The van der Waals surface area contributed by atoms with E-state index in [2.05, 4.69) is 42.6 Å². The van der Waals surface area contributed by atoms with Crippen LogP contribution in [0, 0.1) is 18.4 Å². The molecule has 5 rings (SSSR count). The number of rotatable bonds is 1. The van der Waals surface area contributed by atoms with Crippen molar-refractivity contribution in [1.82, 2.24) is 0 Å². The van der Waals surface area contributed by atoms with Gasteiger partial charge in [-0.15, -0.1) is 0 Å². The van der Waals surface area contributed by atoms with E-state index in [0.29, 0.717) is 19.4 Å². The van der Waals surface area contributed by atoms with Crippen LogP contribution in [0.1, 0.15) is 76.7 Å². The van der Waals surface area contributed by atoms with Crippen molar-refractivity contribution >= 4 is 12.0 Å². The third kappa shape index (κ3) is 7.48. The number of esters is 1. The topological polar surface area (TPSA) is 67.6 Å². The monoisotopic (exact) mass is 573 g/mol. The molecule has 1 aromatic carbocycles. The van der Waals surface area contributed by atoms with Crippen LogP contribution in [0.25, 0.3) is 10.9 Å². The standard InChI is InChI=1S/C35H43NO6/c1-22-17-28-12-8-14-32(37)42-34-24(3)31(41-33(25(34)4)23(2)21-36-5)13-7-10-26-9-6-11-27(19-26)35-38-16-15-29(40-35)20-30(18-22)39-28/h6-11,14,19,21,24-25,28-31,33-35H,1,12-13,15-18,20H2,2-4H3/b10-7+,14-8-,23-21+/t24-,25-,28-,29-,30+,31+,33-,34-,35-/m0/s1. The first-order valence-corrected chi connectivity index (χ1v) is 15.2. The lowest BCUT2D eigenvalue weighted by Crippen LogP contribution is -2.50. The van der Waals surface area contributed by atoms with Crippen molar-refractivity contribution in [2.45, 2.75) is 102 Å². The van der Waals surface area contributed by atoms with Crippen LogP contribution < -0.4 is 0 Å². The highest BCUT2D eigenvalue weighted by molar-refractivity contribution is 5.82. The van der Waals surface area contributed by atoms with Crippen LogP contribution in [0.2, 0.25) is 0 Å². The van der Waals surface area contributed by atoms with Crippen molar-refractivity contribution in [3.05, 3.63) is 89.0 Å².